The number of nitrogens with one attached hydrogen (secondary N) is 1. The molecule has 0 aromatic heterocycles. The van der Waals surface area contributed by atoms with Gasteiger partial charge in [0.1, 0.15) is 5.75 Å². The van der Waals surface area contributed by atoms with Crippen molar-refractivity contribution in [2.24, 2.45) is 5.16 Å². The summed E-state index contributed by atoms with van der Waals surface area (Å²) < 4.78 is 5.50. The maximum Gasteiger partial charge on any atom is 0.317 e. The number of benzene rings is 1. The van der Waals surface area contributed by atoms with Gasteiger partial charge in [-0.25, -0.2) is 4.79 Å². The molecule has 3 rings (SSSR count). The lowest BCUT2D eigenvalue weighted by Gasteiger charge is -2.18. The van der Waals surface area contributed by atoms with Crippen LogP contribution in [0.2, 0.25) is 0 Å². The monoisotopic (exact) mass is 347 g/mol. The van der Waals surface area contributed by atoms with Gasteiger partial charge in [-0.2, -0.15) is 0 Å². The molecule has 2 N–H and O–H groups in total. The van der Waals surface area contributed by atoms with E-state index in [-0.39, 0.29) is 25.1 Å². The quantitative estimate of drug-likeness (QED) is 0.806. The minimum atomic E-state index is -0.934. The second-order valence-electron chi connectivity index (χ2n) is 6.14. The van der Waals surface area contributed by atoms with E-state index in [4.69, 9.17) is 14.7 Å². The van der Waals surface area contributed by atoms with E-state index in [1.165, 1.54) is 10.5 Å². The first-order valence-corrected chi connectivity index (χ1v) is 8.22. The summed E-state index contributed by atoms with van der Waals surface area (Å²) in [5.74, 6) is -0.00644. The van der Waals surface area contributed by atoms with Crippen LogP contribution >= 0.6 is 0 Å². The summed E-state index contributed by atoms with van der Waals surface area (Å²) in [5, 5.41) is 15.5. The number of fused-ring (bicyclic) bond motifs is 1. The van der Waals surface area contributed by atoms with Gasteiger partial charge in [0, 0.05) is 26.4 Å². The molecular weight excluding hydrogens is 326 g/mol. The van der Waals surface area contributed by atoms with Gasteiger partial charge in [-0.05, 0) is 29.3 Å². The number of aliphatic carboxylic acids is 1. The van der Waals surface area contributed by atoms with Crippen molar-refractivity contribution >= 4 is 17.7 Å². The first-order valence-electron chi connectivity index (χ1n) is 8.22. The number of amides is 2. The molecule has 8 nitrogen and oxygen atoms in total. The zero-order chi connectivity index (χ0) is 17.8. The molecule has 1 unspecified atom stereocenters. The van der Waals surface area contributed by atoms with Crippen molar-refractivity contribution in [3.05, 3.63) is 29.3 Å². The first-order chi connectivity index (χ1) is 12.0. The lowest BCUT2D eigenvalue weighted by molar-refractivity contribution is -0.137. The van der Waals surface area contributed by atoms with Gasteiger partial charge in [-0.15, -0.1) is 0 Å². The number of rotatable bonds is 6. The lowest BCUT2D eigenvalue weighted by Crippen LogP contribution is -2.41. The maximum atomic E-state index is 11.9. The Balaban J connectivity index is 1.46. The van der Waals surface area contributed by atoms with Crippen LogP contribution in [0.5, 0.6) is 5.75 Å². The summed E-state index contributed by atoms with van der Waals surface area (Å²) in [5.41, 5.74) is 3.04. The number of carbonyl (C=O) groups excluding carboxylic acids is 1. The summed E-state index contributed by atoms with van der Waals surface area (Å²) in [6.45, 7) is 1.19. The second kappa shape index (κ2) is 7.42. The zero-order valence-corrected chi connectivity index (χ0v) is 14.0. The van der Waals surface area contributed by atoms with E-state index in [1.807, 2.05) is 12.1 Å². The fourth-order valence-electron chi connectivity index (χ4n) is 2.78. The number of urea groups is 1. The number of carbonyl (C=O) groups is 2. The van der Waals surface area contributed by atoms with Gasteiger partial charge in [0.05, 0.1) is 25.3 Å². The Kier molecular flexibility index (Phi) is 5.06. The number of nitrogens with zero attached hydrogens (tertiary/aromatic N) is 2. The summed E-state index contributed by atoms with van der Waals surface area (Å²) in [6.07, 6.45) is 1.20. The molecule has 25 heavy (non-hydrogen) atoms. The van der Waals surface area contributed by atoms with Crippen LogP contribution in [0.3, 0.4) is 0 Å². The molecule has 1 aromatic rings. The van der Waals surface area contributed by atoms with Crippen LogP contribution in [-0.2, 0) is 16.1 Å². The highest BCUT2D eigenvalue weighted by atomic mass is 16.6. The number of carboxylic acid groups (broad SMARTS) is 1. The third-order valence-electron chi connectivity index (χ3n) is 4.24. The zero-order valence-electron chi connectivity index (χ0n) is 14.0. The Labute approximate surface area is 145 Å². The van der Waals surface area contributed by atoms with Crippen molar-refractivity contribution in [1.29, 1.82) is 0 Å². The van der Waals surface area contributed by atoms with Gasteiger partial charge in [-0.1, -0.05) is 5.16 Å². The van der Waals surface area contributed by atoms with Crippen LogP contribution in [0.25, 0.3) is 0 Å². The van der Waals surface area contributed by atoms with E-state index in [0.717, 1.165) is 23.4 Å². The predicted octanol–water partition coefficient (Wildman–Crippen LogP) is 1.23. The van der Waals surface area contributed by atoms with E-state index in [0.29, 0.717) is 19.6 Å². The van der Waals surface area contributed by atoms with Crippen LogP contribution in [0.15, 0.2) is 23.4 Å². The molecule has 1 aromatic carbocycles. The Morgan fingerprint density at radius 3 is 3.08 bits per heavy atom. The average Bonchev–Trinajstić information content (AvgIpc) is 3.25. The Bertz CT molecular complexity index is 704. The molecule has 0 saturated carbocycles. The third-order valence-corrected chi connectivity index (χ3v) is 4.24. The molecule has 8 heteroatoms. The van der Waals surface area contributed by atoms with Crippen LogP contribution in [0.1, 0.15) is 24.0 Å². The summed E-state index contributed by atoms with van der Waals surface area (Å²) in [7, 11) is 1.56. The van der Waals surface area contributed by atoms with E-state index < -0.39 is 5.97 Å². The fourth-order valence-corrected chi connectivity index (χ4v) is 2.78. The molecule has 2 aliphatic rings. The van der Waals surface area contributed by atoms with Gasteiger partial charge in [-0.3, -0.25) is 4.79 Å². The number of hydrogen-bond acceptors (Lipinski definition) is 5. The van der Waals surface area contributed by atoms with Crippen LogP contribution < -0.4 is 10.1 Å². The van der Waals surface area contributed by atoms with E-state index in [1.54, 1.807) is 7.05 Å². The Morgan fingerprint density at radius 1 is 1.44 bits per heavy atom. The molecule has 134 valence electrons. The van der Waals surface area contributed by atoms with Crippen molar-refractivity contribution in [2.75, 3.05) is 26.7 Å². The number of ether oxygens (including phenoxy) is 1. The lowest BCUT2D eigenvalue weighted by atomic mass is 10.0. The fraction of sp³-hybridized carbons (Fsp3) is 0.471. The number of oxime groups is 1. The predicted molar refractivity (Wildman–Crippen MR) is 89.9 cm³/mol. The largest absolute Gasteiger partial charge is 0.493 e. The van der Waals surface area contributed by atoms with Gasteiger partial charge in [0.25, 0.3) is 0 Å². The summed E-state index contributed by atoms with van der Waals surface area (Å²) in [4.78, 5) is 29.2. The van der Waals surface area contributed by atoms with E-state index >= 15 is 0 Å². The normalized spacial score (nSPS) is 18.0. The minimum absolute atomic E-state index is 0.0842. The second-order valence-corrected chi connectivity index (χ2v) is 6.14. The number of hydrogen-bond donors (Lipinski definition) is 2. The van der Waals surface area contributed by atoms with Crippen molar-refractivity contribution in [1.82, 2.24) is 10.2 Å². The van der Waals surface area contributed by atoms with E-state index in [2.05, 4.69) is 16.5 Å². The molecule has 0 spiro atoms. The molecule has 0 radical (unpaired) electrons. The van der Waals surface area contributed by atoms with Crippen molar-refractivity contribution < 1.29 is 24.3 Å². The molecule has 2 heterocycles. The SMILES string of the molecule is CN(CCC(=O)O)C(=O)NCC1CC(c2ccc3c(c2)CCO3)=NO1. The summed E-state index contributed by atoms with van der Waals surface area (Å²) >= 11 is 0. The molecule has 0 aliphatic carbocycles. The standard InChI is InChI=1S/C17H21N3O5/c1-20(6-4-16(21)22)17(23)18-10-13-9-14(19-25-13)11-2-3-15-12(8-11)5-7-24-15/h2-3,8,13H,4-7,9-10H2,1H3,(H,18,23)(H,21,22). The molecule has 1 atom stereocenters. The highest BCUT2D eigenvalue weighted by molar-refractivity contribution is 6.01. The smallest absolute Gasteiger partial charge is 0.317 e. The Hall–Kier alpha value is -2.77. The van der Waals surface area contributed by atoms with Crippen molar-refractivity contribution in [2.45, 2.75) is 25.4 Å². The van der Waals surface area contributed by atoms with Crippen LogP contribution in [-0.4, -0.2) is 60.6 Å². The molecule has 0 saturated heterocycles. The van der Waals surface area contributed by atoms with Crippen LogP contribution in [0, 0.1) is 0 Å². The third kappa shape index (κ3) is 4.20. The van der Waals surface area contributed by atoms with Crippen molar-refractivity contribution in [3.8, 4) is 5.75 Å². The van der Waals surface area contributed by atoms with Crippen LogP contribution in [0.4, 0.5) is 4.79 Å². The van der Waals surface area contributed by atoms with Gasteiger partial charge in [0.15, 0.2) is 6.10 Å². The Morgan fingerprint density at radius 2 is 2.28 bits per heavy atom. The maximum absolute atomic E-state index is 11.9. The molecule has 0 bridgehead atoms. The molecular formula is C17H21N3O5. The molecule has 0 fully saturated rings. The highest BCUT2D eigenvalue weighted by Gasteiger charge is 2.24. The van der Waals surface area contributed by atoms with Crippen molar-refractivity contribution in [3.63, 3.8) is 0 Å². The highest BCUT2D eigenvalue weighted by Crippen LogP contribution is 2.27. The topological polar surface area (TPSA) is 100 Å². The molecule has 2 amide bonds. The van der Waals surface area contributed by atoms with Gasteiger partial charge in [0.2, 0.25) is 0 Å². The first kappa shape index (κ1) is 17.1. The van der Waals surface area contributed by atoms with Gasteiger partial charge < -0.3 is 24.9 Å². The average molecular weight is 347 g/mol. The summed E-state index contributed by atoms with van der Waals surface area (Å²) in [6, 6.07) is 5.66. The molecule has 2 aliphatic heterocycles. The van der Waals surface area contributed by atoms with Gasteiger partial charge >= 0.3 is 12.0 Å². The minimum Gasteiger partial charge on any atom is -0.493 e. The number of carboxylic acids is 1. The van der Waals surface area contributed by atoms with E-state index in [9.17, 15) is 9.59 Å².